The fourth-order valence-corrected chi connectivity index (χ4v) is 2.44. The topological polar surface area (TPSA) is 71.5 Å². The van der Waals surface area contributed by atoms with E-state index in [1.165, 1.54) is 25.3 Å². The molecule has 0 atom stereocenters. The molecular weight excluding hydrogens is 327 g/mol. The maximum Gasteiger partial charge on any atom is 0.422 e. The molecule has 0 saturated carbocycles. The minimum Gasteiger partial charge on any atom is -0.468 e. The molecule has 2 heterocycles. The molecule has 0 radical (unpaired) electrons. The highest BCUT2D eigenvalue weighted by molar-refractivity contribution is 5.94. The number of alkyl halides is 3. The molecule has 6 nitrogen and oxygen atoms in total. The standard InChI is InChI=1S/C15H18F3N3O3/c1-10(22)20-12-4-6-21(7-5-12)14(23)11-2-3-13(19-8-11)24-9-15(16,17)18/h2-3,8,12H,4-7,9H2,1H3,(H,20,22). The van der Waals surface area contributed by atoms with E-state index in [0.717, 1.165) is 0 Å². The second-order valence-corrected chi connectivity index (χ2v) is 5.56. The van der Waals surface area contributed by atoms with Gasteiger partial charge in [0.15, 0.2) is 6.61 Å². The van der Waals surface area contributed by atoms with Gasteiger partial charge in [-0.1, -0.05) is 0 Å². The van der Waals surface area contributed by atoms with Gasteiger partial charge in [0.2, 0.25) is 11.8 Å². The minimum atomic E-state index is -4.44. The van der Waals surface area contributed by atoms with E-state index >= 15 is 0 Å². The molecule has 1 aromatic heterocycles. The first-order chi connectivity index (χ1) is 11.2. The van der Waals surface area contributed by atoms with E-state index in [2.05, 4.69) is 15.0 Å². The number of likely N-dealkylation sites (tertiary alicyclic amines) is 1. The van der Waals surface area contributed by atoms with Gasteiger partial charge in [-0.05, 0) is 18.9 Å². The van der Waals surface area contributed by atoms with Crippen molar-refractivity contribution in [2.45, 2.75) is 32.0 Å². The van der Waals surface area contributed by atoms with Crippen molar-refractivity contribution in [3.05, 3.63) is 23.9 Å². The monoisotopic (exact) mass is 345 g/mol. The smallest absolute Gasteiger partial charge is 0.422 e. The third-order valence-electron chi connectivity index (χ3n) is 3.56. The van der Waals surface area contributed by atoms with Crippen molar-refractivity contribution in [2.75, 3.05) is 19.7 Å². The number of pyridine rings is 1. The maximum absolute atomic E-state index is 12.3. The summed E-state index contributed by atoms with van der Waals surface area (Å²) in [6, 6.07) is 2.69. The van der Waals surface area contributed by atoms with E-state index < -0.39 is 12.8 Å². The van der Waals surface area contributed by atoms with Gasteiger partial charge in [0.05, 0.1) is 5.56 Å². The zero-order chi connectivity index (χ0) is 17.7. The molecule has 132 valence electrons. The van der Waals surface area contributed by atoms with E-state index in [1.54, 1.807) is 4.90 Å². The van der Waals surface area contributed by atoms with Gasteiger partial charge in [0, 0.05) is 38.3 Å². The Labute approximate surface area is 137 Å². The van der Waals surface area contributed by atoms with E-state index in [4.69, 9.17) is 0 Å². The van der Waals surface area contributed by atoms with Gasteiger partial charge in [0.25, 0.3) is 5.91 Å². The van der Waals surface area contributed by atoms with Gasteiger partial charge in [0.1, 0.15) is 0 Å². The van der Waals surface area contributed by atoms with E-state index in [1.807, 2.05) is 0 Å². The van der Waals surface area contributed by atoms with Crippen LogP contribution in [0.15, 0.2) is 18.3 Å². The highest BCUT2D eigenvalue weighted by Gasteiger charge is 2.29. The number of carbonyl (C=O) groups excluding carboxylic acids is 2. The number of nitrogens with one attached hydrogen (secondary N) is 1. The van der Waals surface area contributed by atoms with Crippen LogP contribution in [0.3, 0.4) is 0 Å². The Balaban J connectivity index is 1.88. The second-order valence-electron chi connectivity index (χ2n) is 5.56. The molecule has 2 amide bonds. The van der Waals surface area contributed by atoms with E-state index in [9.17, 15) is 22.8 Å². The third-order valence-corrected chi connectivity index (χ3v) is 3.56. The van der Waals surface area contributed by atoms with Gasteiger partial charge in [-0.25, -0.2) is 4.98 Å². The van der Waals surface area contributed by atoms with Crippen molar-refractivity contribution in [3.8, 4) is 5.88 Å². The lowest BCUT2D eigenvalue weighted by atomic mass is 10.0. The Bertz CT molecular complexity index is 582. The average molecular weight is 345 g/mol. The number of amides is 2. The molecule has 9 heteroatoms. The molecule has 1 N–H and O–H groups in total. The minimum absolute atomic E-state index is 0.0582. The molecule has 1 aromatic rings. The maximum atomic E-state index is 12.3. The largest absolute Gasteiger partial charge is 0.468 e. The zero-order valence-electron chi connectivity index (χ0n) is 13.1. The molecule has 0 aromatic carbocycles. The Morgan fingerprint density at radius 2 is 2.00 bits per heavy atom. The summed E-state index contributed by atoms with van der Waals surface area (Å²) in [5.74, 6) is -0.530. The number of aromatic nitrogens is 1. The molecule has 1 aliphatic heterocycles. The van der Waals surface area contributed by atoms with Crippen LogP contribution in [0.1, 0.15) is 30.1 Å². The van der Waals surface area contributed by atoms with Crippen LogP contribution in [0.2, 0.25) is 0 Å². The van der Waals surface area contributed by atoms with Crippen molar-refractivity contribution in [3.63, 3.8) is 0 Å². The lowest BCUT2D eigenvalue weighted by molar-refractivity contribution is -0.154. The van der Waals surface area contributed by atoms with Crippen molar-refractivity contribution in [1.29, 1.82) is 0 Å². The fourth-order valence-electron chi connectivity index (χ4n) is 2.44. The van der Waals surface area contributed by atoms with Gasteiger partial charge < -0.3 is 15.0 Å². The molecule has 24 heavy (non-hydrogen) atoms. The van der Waals surface area contributed by atoms with Gasteiger partial charge in [-0.15, -0.1) is 0 Å². The predicted molar refractivity (Wildman–Crippen MR) is 78.5 cm³/mol. The molecule has 1 saturated heterocycles. The number of hydrogen-bond acceptors (Lipinski definition) is 4. The summed E-state index contributed by atoms with van der Waals surface area (Å²) < 4.78 is 40.7. The van der Waals surface area contributed by atoms with Crippen LogP contribution in [-0.4, -0.2) is 53.6 Å². The van der Waals surface area contributed by atoms with E-state index in [0.29, 0.717) is 25.9 Å². The summed E-state index contributed by atoms with van der Waals surface area (Å²) in [5.41, 5.74) is 0.285. The Morgan fingerprint density at radius 1 is 1.33 bits per heavy atom. The molecular formula is C15H18F3N3O3. The van der Waals surface area contributed by atoms with Crippen LogP contribution in [0, 0.1) is 0 Å². The number of carbonyl (C=O) groups is 2. The highest BCUT2D eigenvalue weighted by Crippen LogP contribution is 2.18. The quantitative estimate of drug-likeness (QED) is 0.903. The number of piperidine rings is 1. The third kappa shape index (κ3) is 5.39. The van der Waals surface area contributed by atoms with Crippen molar-refractivity contribution in [2.24, 2.45) is 0 Å². The number of nitrogens with zero attached hydrogens (tertiary/aromatic N) is 2. The van der Waals surface area contributed by atoms with Crippen molar-refractivity contribution >= 4 is 11.8 Å². The molecule has 1 aliphatic rings. The van der Waals surface area contributed by atoms with Crippen molar-refractivity contribution in [1.82, 2.24) is 15.2 Å². The summed E-state index contributed by atoms with van der Waals surface area (Å²) in [5, 5.41) is 2.82. The van der Waals surface area contributed by atoms with Gasteiger partial charge in [-0.2, -0.15) is 13.2 Å². The Morgan fingerprint density at radius 3 is 2.50 bits per heavy atom. The summed E-state index contributed by atoms with van der Waals surface area (Å²) >= 11 is 0. The molecule has 0 bridgehead atoms. The lowest BCUT2D eigenvalue weighted by Crippen LogP contribution is -2.46. The van der Waals surface area contributed by atoms with Crippen LogP contribution >= 0.6 is 0 Å². The molecule has 2 rings (SSSR count). The average Bonchev–Trinajstić information content (AvgIpc) is 2.52. The van der Waals surface area contributed by atoms with Crippen molar-refractivity contribution < 1.29 is 27.5 Å². The number of halogens is 3. The van der Waals surface area contributed by atoms with Crippen LogP contribution < -0.4 is 10.1 Å². The predicted octanol–water partition coefficient (Wildman–Crippen LogP) is 1.76. The zero-order valence-corrected chi connectivity index (χ0v) is 13.1. The lowest BCUT2D eigenvalue weighted by Gasteiger charge is -2.32. The summed E-state index contributed by atoms with van der Waals surface area (Å²) in [6.45, 7) is 1.02. The molecule has 1 fully saturated rings. The second kappa shape index (κ2) is 7.50. The van der Waals surface area contributed by atoms with Crippen LogP contribution in [0.25, 0.3) is 0 Å². The van der Waals surface area contributed by atoms with Crippen LogP contribution in [-0.2, 0) is 4.79 Å². The Kier molecular flexibility index (Phi) is 5.63. The van der Waals surface area contributed by atoms with Crippen LogP contribution in [0.5, 0.6) is 5.88 Å². The number of ether oxygens (including phenoxy) is 1. The van der Waals surface area contributed by atoms with Gasteiger partial charge in [-0.3, -0.25) is 9.59 Å². The Hall–Kier alpha value is -2.32. The summed E-state index contributed by atoms with van der Waals surface area (Å²) in [7, 11) is 0. The van der Waals surface area contributed by atoms with Crippen LogP contribution in [0.4, 0.5) is 13.2 Å². The normalized spacial score (nSPS) is 15.9. The molecule has 0 aliphatic carbocycles. The highest BCUT2D eigenvalue weighted by atomic mass is 19.4. The first-order valence-electron chi connectivity index (χ1n) is 7.46. The number of rotatable bonds is 4. The first-order valence-corrected chi connectivity index (χ1v) is 7.46. The summed E-state index contributed by atoms with van der Waals surface area (Å²) in [4.78, 5) is 28.7. The van der Waals surface area contributed by atoms with E-state index in [-0.39, 0.29) is 29.3 Å². The van der Waals surface area contributed by atoms with Gasteiger partial charge >= 0.3 is 6.18 Å². The molecule has 0 unspecified atom stereocenters. The molecule has 0 spiro atoms. The summed E-state index contributed by atoms with van der Waals surface area (Å²) in [6.07, 6.45) is -1.92. The first kappa shape index (κ1) is 18.0. The number of hydrogen-bond donors (Lipinski definition) is 1. The SMILES string of the molecule is CC(=O)NC1CCN(C(=O)c2ccc(OCC(F)(F)F)nc2)CC1. The fraction of sp³-hybridized carbons (Fsp3) is 0.533.